The molecule has 0 aliphatic rings. The van der Waals surface area contributed by atoms with E-state index in [-0.39, 0.29) is 6.03 Å². The standard InChI is InChI=1S/C16H15ClN6O/c1-11-3-4-13(17)7-12(11)8-20-16(24)22-14-9-21-23(10-14)15-18-5-2-6-19-15/h2-7,9-10H,8H2,1H3,(H2,20,22,24). The summed E-state index contributed by atoms with van der Waals surface area (Å²) in [6.07, 6.45) is 6.41. The zero-order valence-corrected chi connectivity index (χ0v) is 13.7. The number of aromatic nitrogens is 4. The number of urea groups is 1. The van der Waals surface area contributed by atoms with Gasteiger partial charge in [-0.05, 0) is 36.2 Å². The molecule has 2 amide bonds. The topological polar surface area (TPSA) is 84.7 Å². The molecule has 0 aliphatic carbocycles. The van der Waals surface area contributed by atoms with E-state index in [4.69, 9.17) is 11.6 Å². The number of halogens is 1. The van der Waals surface area contributed by atoms with Gasteiger partial charge in [-0.3, -0.25) is 0 Å². The molecule has 2 heterocycles. The summed E-state index contributed by atoms with van der Waals surface area (Å²) in [5, 5.41) is 10.3. The highest BCUT2D eigenvalue weighted by Crippen LogP contribution is 2.15. The van der Waals surface area contributed by atoms with Crippen molar-refractivity contribution in [3.63, 3.8) is 0 Å². The van der Waals surface area contributed by atoms with Gasteiger partial charge in [0.25, 0.3) is 0 Å². The fourth-order valence-electron chi connectivity index (χ4n) is 2.09. The Morgan fingerprint density at radius 3 is 2.88 bits per heavy atom. The van der Waals surface area contributed by atoms with Crippen LogP contribution < -0.4 is 10.6 Å². The van der Waals surface area contributed by atoms with Crippen molar-refractivity contribution in [1.82, 2.24) is 25.1 Å². The molecule has 7 nitrogen and oxygen atoms in total. The van der Waals surface area contributed by atoms with Gasteiger partial charge in [-0.25, -0.2) is 19.4 Å². The highest BCUT2D eigenvalue weighted by Gasteiger charge is 2.07. The van der Waals surface area contributed by atoms with E-state index in [2.05, 4.69) is 25.7 Å². The second kappa shape index (κ2) is 7.10. The van der Waals surface area contributed by atoms with Crippen LogP contribution in [0.1, 0.15) is 11.1 Å². The predicted octanol–water partition coefficient (Wildman–Crippen LogP) is 2.95. The van der Waals surface area contributed by atoms with E-state index >= 15 is 0 Å². The minimum Gasteiger partial charge on any atom is -0.334 e. The first-order valence-corrected chi connectivity index (χ1v) is 7.61. The lowest BCUT2D eigenvalue weighted by Gasteiger charge is -2.09. The monoisotopic (exact) mass is 342 g/mol. The summed E-state index contributed by atoms with van der Waals surface area (Å²) >= 11 is 5.97. The van der Waals surface area contributed by atoms with Crippen molar-refractivity contribution in [1.29, 1.82) is 0 Å². The molecule has 1 aromatic carbocycles. The largest absolute Gasteiger partial charge is 0.334 e. The lowest BCUT2D eigenvalue weighted by atomic mass is 10.1. The second-order valence-electron chi connectivity index (χ2n) is 5.10. The number of rotatable bonds is 4. The molecule has 0 saturated heterocycles. The van der Waals surface area contributed by atoms with Gasteiger partial charge in [0.15, 0.2) is 0 Å². The molecule has 3 aromatic rings. The Bertz CT molecular complexity index is 849. The maximum Gasteiger partial charge on any atom is 0.319 e. The zero-order chi connectivity index (χ0) is 16.9. The smallest absolute Gasteiger partial charge is 0.319 e. The summed E-state index contributed by atoms with van der Waals surface area (Å²) in [6.45, 7) is 2.35. The van der Waals surface area contributed by atoms with E-state index in [0.717, 1.165) is 11.1 Å². The SMILES string of the molecule is Cc1ccc(Cl)cc1CNC(=O)Nc1cnn(-c2ncccn2)c1. The normalized spacial score (nSPS) is 10.4. The third-order valence-corrected chi connectivity index (χ3v) is 3.58. The number of aryl methyl sites for hydroxylation is 1. The highest BCUT2D eigenvalue weighted by molar-refractivity contribution is 6.30. The molecule has 2 N–H and O–H groups in total. The average molecular weight is 343 g/mol. The molecule has 0 unspecified atom stereocenters. The van der Waals surface area contributed by atoms with Gasteiger partial charge in [-0.1, -0.05) is 17.7 Å². The van der Waals surface area contributed by atoms with Crippen LogP contribution in [-0.2, 0) is 6.54 Å². The number of nitrogens with zero attached hydrogens (tertiary/aromatic N) is 4. The number of hydrogen-bond donors (Lipinski definition) is 2. The molecule has 0 fully saturated rings. The van der Waals surface area contributed by atoms with Crippen LogP contribution in [0.15, 0.2) is 49.1 Å². The lowest BCUT2D eigenvalue weighted by Crippen LogP contribution is -2.28. The van der Waals surface area contributed by atoms with Crippen LogP contribution in [0, 0.1) is 6.92 Å². The molecule has 2 aromatic heterocycles. The molecule has 122 valence electrons. The fourth-order valence-corrected chi connectivity index (χ4v) is 2.28. The maximum absolute atomic E-state index is 12.0. The van der Waals surface area contributed by atoms with Crippen molar-refractivity contribution < 1.29 is 4.79 Å². The first kappa shape index (κ1) is 15.9. The number of amides is 2. The number of nitrogens with one attached hydrogen (secondary N) is 2. The first-order valence-electron chi connectivity index (χ1n) is 7.24. The van der Waals surface area contributed by atoms with Crippen molar-refractivity contribution >= 4 is 23.3 Å². The molecular weight excluding hydrogens is 328 g/mol. The van der Waals surface area contributed by atoms with Gasteiger partial charge in [0.1, 0.15) is 0 Å². The molecule has 3 rings (SSSR count). The van der Waals surface area contributed by atoms with Gasteiger partial charge in [0.2, 0.25) is 5.95 Å². The Morgan fingerprint density at radius 2 is 2.08 bits per heavy atom. The van der Waals surface area contributed by atoms with E-state index in [1.165, 1.54) is 10.9 Å². The predicted molar refractivity (Wildman–Crippen MR) is 91.2 cm³/mol. The van der Waals surface area contributed by atoms with E-state index in [9.17, 15) is 4.79 Å². The van der Waals surface area contributed by atoms with Crippen molar-refractivity contribution in [2.75, 3.05) is 5.32 Å². The average Bonchev–Trinajstić information content (AvgIpc) is 3.05. The second-order valence-corrected chi connectivity index (χ2v) is 5.54. The van der Waals surface area contributed by atoms with Crippen LogP contribution in [-0.4, -0.2) is 25.8 Å². The van der Waals surface area contributed by atoms with Gasteiger partial charge < -0.3 is 10.6 Å². The van der Waals surface area contributed by atoms with Gasteiger partial charge in [0, 0.05) is 24.0 Å². The molecule has 0 radical (unpaired) electrons. The number of benzene rings is 1. The summed E-state index contributed by atoms with van der Waals surface area (Å²) in [6, 6.07) is 6.96. The molecule has 0 saturated carbocycles. The Hall–Kier alpha value is -2.93. The summed E-state index contributed by atoms with van der Waals surface area (Å²) < 4.78 is 1.48. The number of hydrogen-bond acceptors (Lipinski definition) is 4. The van der Waals surface area contributed by atoms with E-state index in [1.807, 2.05) is 25.1 Å². The van der Waals surface area contributed by atoms with Crippen molar-refractivity contribution in [3.05, 3.63) is 65.2 Å². The van der Waals surface area contributed by atoms with Crippen LogP contribution in [0.2, 0.25) is 5.02 Å². The Labute approximate surface area is 143 Å². The van der Waals surface area contributed by atoms with Crippen LogP contribution >= 0.6 is 11.6 Å². The van der Waals surface area contributed by atoms with E-state index in [1.54, 1.807) is 24.7 Å². The fraction of sp³-hybridized carbons (Fsp3) is 0.125. The van der Waals surface area contributed by atoms with Gasteiger partial charge in [-0.2, -0.15) is 5.10 Å². The van der Waals surface area contributed by atoms with Gasteiger partial charge >= 0.3 is 6.03 Å². The minimum atomic E-state index is -0.331. The van der Waals surface area contributed by atoms with E-state index in [0.29, 0.717) is 23.2 Å². The van der Waals surface area contributed by atoms with Crippen molar-refractivity contribution in [3.8, 4) is 5.95 Å². The third-order valence-electron chi connectivity index (χ3n) is 3.35. The summed E-state index contributed by atoms with van der Waals surface area (Å²) in [7, 11) is 0. The summed E-state index contributed by atoms with van der Waals surface area (Å²) in [5.74, 6) is 0.431. The number of anilines is 1. The third kappa shape index (κ3) is 3.88. The maximum atomic E-state index is 12.0. The first-order chi connectivity index (χ1) is 11.6. The molecule has 8 heteroatoms. The van der Waals surface area contributed by atoms with Crippen LogP contribution in [0.25, 0.3) is 5.95 Å². The molecular formula is C16H15ClN6O. The molecule has 0 aliphatic heterocycles. The quantitative estimate of drug-likeness (QED) is 0.763. The van der Waals surface area contributed by atoms with Gasteiger partial charge in [-0.15, -0.1) is 0 Å². The Morgan fingerprint density at radius 1 is 1.29 bits per heavy atom. The van der Waals surface area contributed by atoms with Gasteiger partial charge in [0.05, 0.1) is 18.1 Å². The summed E-state index contributed by atoms with van der Waals surface area (Å²) in [4.78, 5) is 20.2. The molecule has 0 atom stereocenters. The van der Waals surface area contributed by atoms with Crippen LogP contribution in [0.3, 0.4) is 0 Å². The summed E-state index contributed by atoms with van der Waals surface area (Å²) in [5.41, 5.74) is 2.57. The number of carbonyl (C=O) groups is 1. The van der Waals surface area contributed by atoms with Crippen LogP contribution in [0.4, 0.5) is 10.5 Å². The Balaban J connectivity index is 1.59. The molecule has 0 spiro atoms. The Kier molecular flexibility index (Phi) is 4.72. The van der Waals surface area contributed by atoms with Crippen LogP contribution in [0.5, 0.6) is 0 Å². The molecule has 24 heavy (non-hydrogen) atoms. The van der Waals surface area contributed by atoms with Crippen molar-refractivity contribution in [2.45, 2.75) is 13.5 Å². The van der Waals surface area contributed by atoms with E-state index < -0.39 is 0 Å². The zero-order valence-electron chi connectivity index (χ0n) is 12.9. The highest BCUT2D eigenvalue weighted by atomic mass is 35.5. The van der Waals surface area contributed by atoms with Crippen molar-refractivity contribution in [2.24, 2.45) is 0 Å². The molecule has 0 bridgehead atoms. The number of carbonyl (C=O) groups excluding carboxylic acids is 1. The lowest BCUT2D eigenvalue weighted by molar-refractivity contribution is 0.251. The minimum absolute atomic E-state index is 0.331.